The van der Waals surface area contributed by atoms with E-state index in [1.807, 2.05) is 36.4 Å². The molecule has 4 nitrogen and oxygen atoms in total. The summed E-state index contributed by atoms with van der Waals surface area (Å²) in [5.41, 5.74) is 2.58. The third-order valence-corrected chi connectivity index (χ3v) is 4.63. The second-order valence-electron chi connectivity index (χ2n) is 6.20. The lowest BCUT2D eigenvalue weighted by Crippen LogP contribution is -2.37. The van der Waals surface area contributed by atoms with Gasteiger partial charge in [-0.15, -0.1) is 0 Å². The van der Waals surface area contributed by atoms with E-state index in [0.29, 0.717) is 18.2 Å². The molecule has 0 fully saturated rings. The summed E-state index contributed by atoms with van der Waals surface area (Å²) in [4.78, 5) is 12.0. The van der Waals surface area contributed by atoms with Gasteiger partial charge in [0, 0.05) is 11.6 Å². The lowest BCUT2D eigenvalue weighted by molar-refractivity contribution is 0.236. The van der Waals surface area contributed by atoms with Crippen molar-refractivity contribution in [3.8, 4) is 5.75 Å². The van der Waals surface area contributed by atoms with Crippen LogP contribution in [-0.4, -0.2) is 19.2 Å². The molecule has 0 radical (unpaired) electrons. The highest BCUT2D eigenvalue weighted by Crippen LogP contribution is 2.30. The number of unbranched alkanes of at least 4 members (excludes halogenated alkanes) is 1. The zero-order valence-corrected chi connectivity index (χ0v) is 14.9. The summed E-state index contributed by atoms with van der Waals surface area (Å²) in [7, 11) is 0. The summed E-state index contributed by atoms with van der Waals surface area (Å²) >= 11 is 5.83. The Hall–Kier alpha value is -2.20. The van der Waals surface area contributed by atoms with E-state index in [1.54, 1.807) is 0 Å². The van der Waals surface area contributed by atoms with Gasteiger partial charge in [-0.25, -0.2) is 4.79 Å². The van der Waals surface area contributed by atoms with E-state index >= 15 is 0 Å². The summed E-state index contributed by atoms with van der Waals surface area (Å²) in [5, 5.41) is 6.69. The van der Waals surface area contributed by atoms with Crippen molar-refractivity contribution in [3.05, 3.63) is 64.7 Å². The van der Waals surface area contributed by atoms with Crippen LogP contribution in [0.1, 0.15) is 36.4 Å². The largest absolute Gasteiger partial charge is 0.494 e. The normalized spacial score (nSPS) is 15.5. The number of amides is 2. The molecule has 0 aromatic heterocycles. The minimum absolute atomic E-state index is 0.0969. The Labute approximate surface area is 153 Å². The summed E-state index contributed by atoms with van der Waals surface area (Å²) < 4.78 is 5.63. The van der Waals surface area contributed by atoms with Crippen LogP contribution >= 0.6 is 11.6 Å². The van der Waals surface area contributed by atoms with Crippen molar-refractivity contribution >= 4 is 17.6 Å². The molecule has 0 aliphatic heterocycles. The van der Waals surface area contributed by atoms with Crippen molar-refractivity contribution in [1.29, 1.82) is 0 Å². The van der Waals surface area contributed by atoms with Gasteiger partial charge in [0.1, 0.15) is 5.75 Å². The maximum atomic E-state index is 12.0. The Kier molecular flexibility index (Phi) is 6.18. The number of carbonyl (C=O) groups is 1. The van der Waals surface area contributed by atoms with Gasteiger partial charge < -0.3 is 15.4 Å². The van der Waals surface area contributed by atoms with Crippen LogP contribution in [0.3, 0.4) is 0 Å². The number of halogens is 1. The SMILES string of the molecule is O=C(NCCCCOc1ccc(Cl)cc1)N[C@@H]1CCc2ccccc21. The van der Waals surface area contributed by atoms with Crippen molar-refractivity contribution < 1.29 is 9.53 Å². The quantitative estimate of drug-likeness (QED) is 0.717. The minimum Gasteiger partial charge on any atom is -0.494 e. The van der Waals surface area contributed by atoms with Gasteiger partial charge in [0.15, 0.2) is 0 Å². The second-order valence-corrected chi connectivity index (χ2v) is 6.64. The molecular weight excluding hydrogens is 336 g/mol. The van der Waals surface area contributed by atoms with E-state index in [0.717, 1.165) is 31.4 Å². The van der Waals surface area contributed by atoms with Crippen molar-refractivity contribution in [3.63, 3.8) is 0 Å². The van der Waals surface area contributed by atoms with Crippen LogP contribution in [0.4, 0.5) is 4.79 Å². The number of benzene rings is 2. The fourth-order valence-corrected chi connectivity index (χ4v) is 3.19. The lowest BCUT2D eigenvalue weighted by atomic mass is 10.1. The van der Waals surface area contributed by atoms with Crippen LogP contribution in [0.5, 0.6) is 5.75 Å². The molecule has 2 aromatic rings. The third kappa shape index (κ3) is 5.13. The molecule has 1 aliphatic carbocycles. The first-order valence-electron chi connectivity index (χ1n) is 8.73. The van der Waals surface area contributed by atoms with Crippen molar-refractivity contribution in [2.24, 2.45) is 0 Å². The van der Waals surface area contributed by atoms with E-state index in [-0.39, 0.29) is 12.1 Å². The van der Waals surface area contributed by atoms with E-state index in [9.17, 15) is 4.79 Å². The smallest absolute Gasteiger partial charge is 0.315 e. The van der Waals surface area contributed by atoms with Gasteiger partial charge in [-0.3, -0.25) is 0 Å². The average Bonchev–Trinajstić information content (AvgIpc) is 3.02. The van der Waals surface area contributed by atoms with Crippen LogP contribution in [0.25, 0.3) is 0 Å². The van der Waals surface area contributed by atoms with Gasteiger partial charge in [0.05, 0.1) is 12.6 Å². The monoisotopic (exact) mass is 358 g/mol. The molecule has 0 heterocycles. The van der Waals surface area contributed by atoms with Gasteiger partial charge in [0.25, 0.3) is 0 Å². The standard InChI is InChI=1S/C20H23ClN2O2/c21-16-8-10-17(11-9-16)25-14-4-3-13-22-20(24)23-19-12-7-15-5-1-2-6-18(15)19/h1-2,5-6,8-11,19H,3-4,7,12-14H2,(H2,22,23,24)/t19-/m1/s1. The number of fused-ring (bicyclic) bond motifs is 1. The van der Waals surface area contributed by atoms with Gasteiger partial charge in [-0.05, 0) is 61.1 Å². The summed E-state index contributed by atoms with van der Waals surface area (Å²) in [6.07, 6.45) is 3.77. The van der Waals surface area contributed by atoms with E-state index in [1.165, 1.54) is 11.1 Å². The summed E-state index contributed by atoms with van der Waals surface area (Å²) in [6, 6.07) is 15.7. The van der Waals surface area contributed by atoms with Crippen LogP contribution < -0.4 is 15.4 Å². The van der Waals surface area contributed by atoms with Gasteiger partial charge >= 0.3 is 6.03 Å². The number of rotatable bonds is 7. The molecule has 2 amide bonds. The molecule has 25 heavy (non-hydrogen) atoms. The number of ether oxygens (including phenoxy) is 1. The van der Waals surface area contributed by atoms with Crippen LogP contribution in [0.15, 0.2) is 48.5 Å². The van der Waals surface area contributed by atoms with E-state index in [4.69, 9.17) is 16.3 Å². The van der Waals surface area contributed by atoms with Gasteiger partial charge in [0.2, 0.25) is 0 Å². The molecular formula is C20H23ClN2O2. The molecule has 3 rings (SSSR count). The zero-order valence-electron chi connectivity index (χ0n) is 14.1. The van der Waals surface area contributed by atoms with Crippen LogP contribution in [0, 0.1) is 0 Å². The maximum absolute atomic E-state index is 12.0. The highest BCUT2D eigenvalue weighted by atomic mass is 35.5. The average molecular weight is 359 g/mol. The number of hydrogen-bond acceptors (Lipinski definition) is 2. The summed E-state index contributed by atoms with van der Waals surface area (Å²) in [5.74, 6) is 0.815. The molecule has 0 saturated carbocycles. The first kappa shape index (κ1) is 17.6. The molecule has 0 bridgehead atoms. The predicted molar refractivity (Wildman–Crippen MR) is 100 cm³/mol. The highest BCUT2D eigenvalue weighted by Gasteiger charge is 2.22. The number of aryl methyl sites for hydroxylation is 1. The molecule has 2 N–H and O–H groups in total. The Morgan fingerprint density at radius 2 is 1.92 bits per heavy atom. The molecule has 5 heteroatoms. The molecule has 0 saturated heterocycles. The molecule has 0 spiro atoms. The highest BCUT2D eigenvalue weighted by molar-refractivity contribution is 6.30. The minimum atomic E-state index is -0.0969. The molecule has 1 aliphatic rings. The predicted octanol–water partition coefficient (Wildman–Crippen LogP) is 4.49. The molecule has 132 valence electrons. The van der Waals surface area contributed by atoms with E-state index < -0.39 is 0 Å². The molecule has 1 atom stereocenters. The van der Waals surface area contributed by atoms with Crippen molar-refractivity contribution in [1.82, 2.24) is 10.6 Å². The van der Waals surface area contributed by atoms with Crippen LogP contribution in [0.2, 0.25) is 5.02 Å². The fourth-order valence-electron chi connectivity index (χ4n) is 3.07. The first-order valence-corrected chi connectivity index (χ1v) is 9.11. The maximum Gasteiger partial charge on any atom is 0.315 e. The molecule has 2 aromatic carbocycles. The Balaban J connectivity index is 1.29. The van der Waals surface area contributed by atoms with Crippen molar-refractivity contribution in [2.75, 3.05) is 13.2 Å². The zero-order chi connectivity index (χ0) is 17.5. The van der Waals surface area contributed by atoms with Crippen LogP contribution in [-0.2, 0) is 6.42 Å². The van der Waals surface area contributed by atoms with Crippen molar-refractivity contribution in [2.45, 2.75) is 31.7 Å². The number of carbonyl (C=O) groups excluding carboxylic acids is 1. The molecule has 0 unspecified atom stereocenters. The second kappa shape index (κ2) is 8.77. The first-order chi connectivity index (χ1) is 12.2. The van der Waals surface area contributed by atoms with Gasteiger partial charge in [-0.1, -0.05) is 35.9 Å². The number of nitrogens with one attached hydrogen (secondary N) is 2. The number of urea groups is 1. The Bertz CT molecular complexity index is 703. The lowest BCUT2D eigenvalue weighted by Gasteiger charge is -2.15. The Morgan fingerprint density at radius 1 is 1.12 bits per heavy atom. The third-order valence-electron chi connectivity index (χ3n) is 4.38. The van der Waals surface area contributed by atoms with E-state index in [2.05, 4.69) is 22.8 Å². The number of hydrogen-bond donors (Lipinski definition) is 2. The summed E-state index contributed by atoms with van der Waals surface area (Å²) in [6.45, 7) is 1.27. The van der Waals surface area contributed by atoms with Gasteiger partial charge in [-0.2, -0.15) is 0 Å². The Morgan fingerprint density at radius 3 is 2.76 bits per heavy atom. The topological polar surface area (TPSA) is 50.4 Å². The fraction of sp³-hybridized carbons (Fsp3) is 0.350.